The molecule has 4 saturated heterocycles. The second-order valence-electron chi connectivity index (χ2n) is 11.6. The van der Waals surface area contributed by atoms with Crippen LogP contribution in [0.4, 0.5) is 0 Å². The average molecular weight is 559 g/mol. The summed E-state index contributed by atoms with van der Waals surface area (Å²) in [7, 11) is 0. The molecule has 0 spiro atoms. The van der Waals surface area contributed by atoms with Crippen molar-refractivity contribution in [3.63, 3.8) is 0 Å². The normalized spacial score (nSPS) is 34.0. The zero-order valence-corrected chi connectivity index (χ0v) is 23.1. The van der Waals surface area contributed by atoms with Gasteiger partial charge in [0.15, 0.2) is 18.1 Å². The molecule has 0 aromatic heterocycles. The number of nitriles is 1. The van der Waals surface area contributed by atoms with Crippen molar-refractivity contribution in [3.8, 4) is 11.8 Å². The molecule has 1 amide bonds. The number of phenolic OH excluding ortho intramolecular Hbond substituents is 1. The van der Waals surface area contributed by atoms with E-state index in [0.29, 0.717) is 13.1 Å². The van der Waals surface area contributed by atoms with Crippen LogP contribution in [0.2, 0.25) is 0 Å². The maximum absolute atomic E-state index is 13.1. The Balaban J connectivity index is 1.06. The molecule has 40 heavy (non-hydrogen) atoms. The first kappa shape index (κ1) is 28.7. The zero-order valence-electron chi connectivity index (χ0n) is 23.1. The summed E-state index contributed by atoms with van der Waals surface area (Å²) in [6.07, 6.45) is -1.32. The summed E-state index contributed by atoms with van der Waals surface area (Å²) in [6, 6.07) is 7.42. The fourth-order valence-electron chi connectivity index (χ4n) is 6.05. The van der Waals surface area contributed by atoms with Crippen LogP contribution in [0.15, 0.2) is 24.3 Å². The lowest BCUT2D eigenvalue weighted by Crippen LogP contribution is -2.50. The number of phenols is 1. The van der Waals surface area contributed by atoms with E-state index >= 15 is 0 Å². The average Bonchev–Trinajstić information content (AvgIpc) is 3.50. The number of aliphatic hydroxyl groups is 1. The van der Waals surface area contributed by atoms with Crippen molar-refractivity contribution in [2.75, 3.05) is 32.7 Å². The van der Waals surface area contributed by atoms with Crippen molar-refractivity contribution < 1.29 is 38.7 Å². The van der Waals surface area contributed by atoms with E-state index in [9.17, 15) is 25.1 Å². The van der Waals surface area contributed by atoms with Gasteiger partial charge < -0.3 is 44.3 Å². The molecule has 1 aromatic carbocycles. The Bertz CT molecular complexity index is 1130. The van der Waals surface area contributed by atoms with Gasteiger partial charge in [0.25, 0.3) is 0 Å². The van der Waals surface area contributed by atoms with Crippen molar-refractivity contribution >= 4 is 11.9 Å². The number of hydrogen-bond acceptors (Lipinski definition) is 11. The minimum absolute atomic E-state index is 0.0200. The summed E-state index contributed by atoms with van der Waals surface area (Å²) >= 11 is 0. The number of carbonyl (C=O) groups is 2. The molecule has 12 nitrogen and oxygen atoms in total. The van der Waals surface area contributed by atoms with Gasteiger partial charge in [-0.25, -0.2) is 4.79 Å². The molecule has 5 rings (SSSR count). The van der Waals surface area contributed by atoms with E-state index < -0.39 is 42.4 Å². The topological polar surface area (TPSA) is 154 Å². The van der Waals surface area contributed by atoms with E-state index in [2.05, 4.69) is 16.3 Å². The number of aromatic hydroxyl groups is 1. The summed E-state index contributed by atoms with van der Waals surface area (Å²) in [4.78, 5) is 29.4. The maximum atomic E-state index is 13.1. The van der Waals surface area contributed by atoms with Gasteiger partial charge in [0.1, 0.15) is 35.7 Å². The number of fused-ring (bicyclic) bond motifs is 1. The minimum Gasteiger partial charge on any atom is -0.507 e. The molecule has 4 fully saturated rings. The predicted molar refractivity (Wildman–Crippen MR) is 140 cm³/mol. The first-order chi connectivity index (χ1) is 19.1. The van der Waals surface area contributed by atoms with Crippen LogP contribution in [0.5, 0.6) is 5.75 Å². The molecule has 0 bridgehead atoms. The van der Waals surface area contributed by atoms with Crippen LogP contribution in [0.1, 0.15) is 44.0 Å². The number of piperidine rings is 1. The van der Waals surface area contributed by atoms with Gasteiger partial charge in [-0.05, 0) is 51.9 Å². The fraction of sp³-hybridized carbons (Fsp3) is 0.679. The number of hydrogen-bond donors (Lipinski definition) is 3. The third-order valence-corrected chi connectivity index (χ3v) is 8.19. The van der Waals surface area contributed by atoms with Crippen LogP contribution in [0.25, 0.3) is 0 Å². The molecular weight excluding hydrogens is 520 g/mol. The van der Waals surface area contributed by atoms with E-state index in [1.165, 1.54) is 17.0 Å². The van der Waals surface area contributed by atoms with Crippen molar-refractivity contribution in [2.45, 2.75) is 82.2 Å². The Morgan fingerprint density at radius 1 is 1.23 bits per heavy atom. The lowest BCUT2D eigenvalue weighted by molar-refractivity contribution is -0.216. The van der Waals surface area contributed by atoms with Crippen molar-refractivity contribution in [3.05, 3.63) is 29.8 Å². The van der Waals surface area contributed by atoms with Gasteiger partial charge in [0.05, 0.1) is 12.6 Å². The number of likely N-dealkylation sites (tertiary alicyclic amines) is 2. The molecule has 4 aliphatic heterocycles. The molecule has 0 saturated carbocycles. The van der Waals surface area contributed by atoms with Crippen LogP contribution in [-0.2, 0) is 23.7 Å². The number of carbonyl (C=O) groups excluding carboxylic acids is 2. The summed E-state index contributed by atoms with van der Waals surface area (Å²) in [5.74, 6) is -2.14. The van der Waals surface area contributed by atoms with Crippen molar-refractivity contribution in [1.82, 2.24) is 15.1 Å². The van der Waals surface area contributed by atoms with Crippen LogP contribution < -0.4 is 5.32 Å². The van der Waals surface area contributed by atoms with Crippen molar-refractivity contribution in [1.29, 1.82) is 5.26 Å². The summed E-state index contributed by atoms with van der Waals surface area (Å²) in [5, 5.41) is 33.7. The SMILES string of the molecule is CC1CN(C(=O)CNC2CCN(C[C@H]3O[C@@H]4OC(C)(C)O[C@@H]4[C@H]3O)CC2)[C@H](C#N)C1OC(=O)c1ccccc1O. The fourth-order valence-corrected chi connectivity index (χ4v) is 6.05. The number of amides is 1. The number of esters is 1. The van der Waals surface area contributed by atoms with Crippen LogP contribution in [0.3, 0.4) is 0 Å². The van der Waals surface area contributed by atoms with Gasteiger partial charge in [0, 0.05) is 25.0 Å². The first-order valence-corrected chi connectivity index (χ1v) is 13.9. The molecule has 2 unspecified atom stereocenters. The van der Waals surface area contributed by atoms with Gasteiger partial charge in [-0.1, -0.05) is 19.1 Å². The molecule has 1 aromatic rings. The third kappa shape index (κ3) is 5.95. The molecule has 12 heteroatoms. The number of rotatable bonds is 7. The standard InChI is InChI=1S/C28H38N4O8/c1-16-14-32(19(12-29)24(16)38-26(36)18-6-4-5-7-20(18)33)22(34)13-30-17-8-10-31(11-9-17)15-21-23(35)25-27(37-21)40-28(2,3)39-25/h4-7,16-17,19,21,23-25,27,30,33,35H,8-11,13-15H2,1-3H3/t16?,19-,21-,23+,24?,25-,27-/m1/s1. The van der Waals surface area contributed by atoms with E-state index in [1.807, 2.05) is 6.92 Å². The van der Waals surface area contributed by atoms with E-state index in [1.54, 1.807) is 26.0 Å². The van der Waals surface area contributed by atoms with Gasteiger partial charge in [-0.15, -0.1) is 0 Å². The van der Waals surface area contributed by atoms with Gasteiger partial charge in [0.2, 0.25) is 5.91 Å². The minimum atomic E-state index is -0.906. The largest absolute Gasteiger partial charge is 0.507 e. The second kappa shape index (κ2) is 11.6. The second-order valence-corrected chi connectivity index (χ2v) is 11.6. The number of ether oxygens (including phenoxy) is 4. The van der Waals surface area contributed by atoms with Gasteiger partial charge >= 0.3 is 5.97 Å². The number of aliphatic hydroxyl groups excluding tert-OH is 1. The molecular formula is C28H38N4O8. The van der Waals surface area contributed by atoms with E-state index in [4.69, 9.17) is 18.9 Å². The highest BCUT2D eigenvalue weighted by molar-refractivity contribution is 5.92. The molecule has 7 atom stereocenters. The highest BCUT2D eigenvalue weighted by Crippen LogP contribution is 2.37. The Morgan fingerprint density at radius 3 is 2.62 bits per heavy atom. The highest BCUT2D eigenvalue weighted by Gasteiger charge is 2.54. The Hall–Kier alpha value is -2.79. The monoisotopic (exact) mass is 558 g/mol. The number of nitrogens with one attached hydrogen (secondary N) is 1. The summed E-state index contributed by atoms with van der Waals surface area (Å²) in [6.45, 7) is 7.95. The molecule has 3 N–H and O–H groups in total. The van der Waals surface area contributed by atoms with Crippen LogP contribution in [-0.4, -0.2) is 113 Å². The van der Waals surface area contributed by atoms with Crippen LogP contribution >= 0.6 is 0 Å². The van der Waals surface area contributed by atoms with Gasteiger partial charge in [-0.2, -0.15) is 5.26 Å². The molecule has 218 valence electrons. The lowest BCUT2D eigenvalue weighted by atomic mass is 10.0. The van der Waals surface area contributed by atoms with E-state index in [0.717, 1.165) is 25.9 Å². The van der Waals surface area contributed by atoms with Crippen molar-refractivity contribution in [2.24, 2.45) is 5.92 Å². The third-order valence-electron chi connectivity index (χ3n) is 8.19. The molecule has 4 heterocycles. The Morgan fingerprint density at radius 2 is 1.95 bits per heavy atom. The smallest absolute Gasteiger partial charge is 0.342 e. The molecule has 0 radical (unpaired) electrons. The maximum Gasteiger partial charge on any atom is 0.342 e. The number of para-hydroxylation sites is 1. The summed E-state index contributed by atoms with van der Waals surface area (Å²) in [5.41, 5.74) is 0.0200. The molecule has 0 aliphatic carbocycles. The number of benzene rings is 1. The van der Waals surface area contributed by atoms with E-state index in [-0.39, 0.29) is 41.8 Å². The Labute approximate surface area is 233 Å². The zero-order chi connectivity index (χ0) is 28.6. The molecule has 4 aliphatic rings. The highest BCUT2D eigenvalue weighted by atomic mass is 16.8. The lowest BCUT2D eigenvalue weighted by Gasteiger charge is -2.35. The quantitative estimate of drug-likeness (QED) is 0.403. The van der Waals surface area contributed by atoms with Gasteiger partial charge in [-0.3, -0.25) is 4.79 Å². The summed E-state index contributed by atoms with van der Waals surface area (Å²) < 4.78 is 23.0. The first-order valence-electron chi connectivity index (χ1n) is 13.9. The predicted octanol–water partition coefficient (Wildman–Crippen LogP) is 0.579. The Kier molecular flexibility index (Phi) is 8.33. The number of nitrogens with zero attached hydrogens (tertiary/aromatic N) is 3. The van der Waals surface area contributed by atoms with Crippen LogP contribution in [0, 0.1) is 17.2 Å².